The molecule has 0 aliphatic heterocycles. The zero-order chi connectivity index (χ0) is 29.2. The van der Waals surface area contributed by atoms with Crippen molar-refractivity contribution in [3.8, 4) is 0 Å². The Labute approximate surface area is 260 Å². The Hall–Kier alpha value is -1.14. The van der Waals surface area contributed by atoms with Gasteiger partial charge in [0.15, 0.2) is 0 Å². The lowest BCUT2D eigenvalue weighted by molar-refractivity contribution is -0.870. The first-order valence-electron chi connectivity index (χ1n) is 16.6. The number of hydrogen-bond donors (Lipinski definition) is 0. The molecule has 240 valence electrons. The number of halogens is 1. The summed E-state index contributed by atoms with van der Waals surface area (Å²) in [6.45, 7) is 5.17. The molecule has 0 N–H and O–H groups in total. The van der Waals surface area contributed by atoms with Crippen LogP contribution in [0.25, 0.3) is 0 Å². The standard InChI is InChI=1S/C35H64NO4.ClH/c1-5-6-7-8-9-10-11-12-13-14-15-16-17-18-19-23-29-38-31-34(39-30-33-25-21-20-22-26-33)32-40-35(37)27-24-28-36(2,3)4;/h20-22,25-26,34H,5-19,23-24,27-32H2,1-4H3;1H/q+1;/p-1/t34-;/m1./s1. The Kier molecular flexibility index (Phi) is 26.9. The first-order valence-corrected chi connectivity index (χ1v) is 16.6. The van der Waals surface area contributed by atoms with Crippen molar-refractivity contribution < 1.29 is 35.9 Å². The van der Waals surface area contributed by atoms with Gasteiger partial charge in [-0.3, -0.25) is 4.79 Å². The fourth-order valence-corrected chi connectivity index (χ4v) is 4.86. The number of carbonyl (C=O) groups is 1. The van der Waals surface area contributed by atoms with Crippen LogP contribution in [-0.4, -0.2) is 64.1 Å². The van der Waals surface area contributed by atoms with E-state index in [1.165, 1.54) is 96.3 Å². The summed E-state index contributed by atoms with van der Waals surface area (Å²) in [6, 6.07) is 10.1. The van der Waals surface area contributed by atoms with Crippen LogP contribution >= 0.6 is 0 Å². The molecular formula is C35H64ClNO4. The zero-order valence-electron chi connectivity index (χ0n) is 27.2. The van der Waals surface area contributed by atoms with Gasteiger partial charge in [0.25, 0.3) is 0 Å². The van der Waals surface area contributed by atoms with Crippen molar-refractivity contribution in [2.75, 3.05) is 47.5 Å². The van der Waals surface area contributed by atoms with Gasteiger partial charge in [0.05, 0.1) is 47.3 Å². The van der Waals surface area contributed by atoms with E-state index < -0.39 is 0 Å². The second-order valence-electron chi connectivity index (χ2n) is 12.6. The molecule has 1 aromatic rings. The highest BCUT2D eigenvalue weighted by Gasteiger charge is 2.15. The molecule has 0 bridgehead atoms. The normalized spacial score (nSPS) is 12.2. The van der Waals surface area contributed by atoms with E-state index in [9.17, 15) is 4.79 Å². The highest BCUT2D eigenvalue weighted by molar-refractivity contribution is 5.69. The topological polar surface area (TPSA) is 44.8 Å². The van der Waals surface area contributed by atoms with E-state index in [0.29, 0.717) is 19.6 Å². The van der Waals surface area contributed by atoms with E-state index in [2.05, 4.69) is 28.1 Å². The quantitative estimate of drug-likeness (QED) is 0.0687. The molecule has 0 aromatic heterocycles. The maximum Gasteiger partial charge on any atom is 0.306 e. The van der Waals surface area contributed by atoms with Crippen molar-refractivity contribution in [1.82, 2.24) is 0 Å². The van der Waals surface area contributed by atoms with Crippen molar-refractivity contribution >= 4 is 5.97 Å². The van der Waals surface area contributed by atoms with Crippen LogP contribution in [-0.2, 0) is 25.6 Å². The number of carbonyl (C=O) groups excluding carboxylic acids is 1. The molecule has 0 heterocycles. The summed E-state index contributed by atoms with van der Waals surface area (Å²) in [5, 5.41) is 0. The Morgan fingerprint density at radius 2 is 1.22 bits per heavy atom. The lowest BCUT2D eigenvalue weighted by Gasteiger charge is -2.23. The van der Waals surface area contributed by atoms with Gasteiger partial charge in [-0.2, -0.15) is 0 Å². The number of esters is 1. The van der Waals surface area contributed by atoms with Crippen molar-refractivity contribution in [2.45, 2.75) is 135 Å². The van der Waals surface area contributed by atoms with Crippen molar-refractivity contribution in [3.63, 3.8) is 0 Å². The highest BCUT2D eigenvalue weighted by Crippen LogP contribution is 2.14. The molecular weight excluding hydrogens is 534 g/mol. The molecule has 6 heteroatoms. The van der Waals surface area contributed by atoms with Gasteiger partial charge in [-0.25, -0.2) is 0 Å². The molecule has 1 rings (SSSR count). The third-order valence-electron chi connectivity index (χ3n) is 7.41. The van der Waals surface area contributed by atoms with E-state index in [1.807, 2.05) is 30.3 Å². The van der Waals surface area contributed by atoms with Crippen molar-refractivity contribution in [3.05, 3.63) is 35.9 Å². The lowest BCUT2D eigenvalue weighted by Crippen LogP contribution is -3.00. The Balaban J connectivity index is 0.0000160. The number of benzene rings is 1. The summed E-state index contributed by atoms with van der Waals surface area (Å²) in [4.78, 5) is 12.2. The predicted octanol–water partition coefficient (Wildman–Crippen LogP) is 5.88. The van der Waals surface area contributed by atoms with Gasteiger partial charge in [0.1, 0.15) is 12.7 Å². The maximum absolute atomic E-state index is 12.2. The van der Waals surface area contributed by atoms with Crippen LogP contribution in [0.15, 0.2) is 30.3 Å². The van der Waals surface area contributed by atoms with Crippen molar-refractivity contribution in [2.24, 2.45) is 0 Å². The summed E-state index contributed by atoms with van der Waals surface area (Å²) in [7, 11) is 6.40. The summed E-state index contributed by atoms with van der Waals surface area (Å²) in [6.07, 6.45) is 22.9. The average molecular weight is 598 g/mol. The van der Waals surface area contributed by atoms with Crippen LogP contribution in [0.5, 0.6) is 0 Å². The van der Waals surface area contributed by atoms with E-state index in [-0.39, 0.29) is 31.1 Å². The van der Waals surface area contributed by atoms with Crippen LogP contribution in [0.3, 0.4) is 0 Å². The third-order valence-corrected chi connectivity index (χ3v) is 7.41. The van der Waals surface area contributed by atoms with E-state index >= 15 is 0 Å². The van der Waals surface area contributed by atoms with E-state index in [0.717, 1.165) is 36.0 Å². The largest absolute Gasteiger partial charge is 1.00 e. The average Bonchev–Trinajstić information content (AvgIpc) is 2.93. The van der Waals surface area contributed by atoms with Gasteiger partial charge in [0, 0.05) is 13.0 Å². The highest BCUT2D eigenvalue weighted by atomic mass is 35.5. The minimum absolute atomic E-state index is 0. The Morgan fingerprint density at radius 3 is 1.73 bits per heavy atom. The first kappa shape index (κ1) is 39.9. The molecule has 0 radical (unpaired) electrons. The molecule has 0 saturated carbocycles. The molecule has 0 aliphatic carbocycles. The minimum Gasteiger partial charge on any atom is -1.00 e. The smallest absolute Gasteiger partial charge is 0.306 e. The zero-order valence-corrected chi connectivity index (χ0v) is 27.9. The summed E-state index contributed by atoms with van der Waals surface area (Å²) in [5.41, 5.74) is 1.11. The monoisotopic (exact) mass is 597 g/mol. The SMILES string of the molecule is CCCCCCCCCCCCCCCCCCOC[C@H](COC(=O)CCC[N+](C)(C)C)OCc1ccccc1.[Cl-]. The van der Waals surface area contributed by atoms with Gasteiger partial charge >= 0.3 is 5.97 Å². The molecule has 0 unspecified atom stereocenters. The molecule has 0 aliphatic rings. The Bertz CT molecular complexity index is 695. The second-order valence-corrected chi connectivity index (χ2v) is 12.6. The van der Waals surface area contributed by atoms with Gasteiger partial charge in [-0.05, 0) is 12.0 Å². The molecule has 41 heavy (non-hydrogen) atoms. The van der Waals surface area contributed by atoms with Crippen LogP contribution in [0.4, 0.5) is 0 Å². The molecule has 0 amide bonds. The van der Waals surface area contributed by atoms with Gasteiger partial charge in [-0.15, -0.1) is 0 Å². The second kappa shape index (κ2) is 27.7. The summed E-state index contributed by atoms with van der Waals surface area (Å²) < 4.78 is 18.4. The number of nitrogens with zero attached hydrogens (tertiary/aromatic N) is 1. The Morgan fingerprint density at radius 1 is 0.707 bits per heavy atom. The third kappa shape index (κ3) is 27.4. The van der Waals surface area contributed by atoms with Gasteiger partial charge < -0.3 is 31.1 Å². The predicted molar refractivity (Wildman–Crippen MR) is 168 cm³/mol. The molecule has 1 atom stereocenters. The number of quaternary nitrogens is 1. The first-order chi connectivity index (χ1) is 19.4. The van der Waals surface area contributed by atoms with Crippen LogP contribution < -0.4 is 12.4 Å². The number of unbranched alkanes of at least 4 members (excludes halogenated alkanes) is 15. The minimum atomic E-state index is -0.247. The van der Waals surface area contributed by atoms with Gasteiger partial charge in [-0.1, -0.05) is 134 Å². The van der Waals surface area contributed by atoms with Crippen LogP contribution in [0.1, 0.15) is 128 Å². The summed E-state index contributed by atoms with van der Waals surface area (Å²) >= 11 is 0. The summed E-state index contributed by atoms with van der Waals surface area (Å²) in [5.74, 6) is -0.153. The fourth-order valence-electron chi connectivity index (χ4n) is 4.86. The van der Waals surface area contributed by atoms with Gasteiger partial charge in [0.2, 0.25) is 0 Å². The maximum atomic E-state index is 12.2. The molecule has 0 saturated heterocycles. The number of ether oxygens (including phenoxy) is 3. The molecule has 5 nitrogen and oxygen atoms in total. The van der Waals surface area contributed by atoms with Crippen LogP contribution in [0.2, 0.25) is 0 Å². The van der Waals surface area contributed by atoms with Crippen LogP contribution in [0, 0.1) is 0 Å². The number of rotatable bonds is 28. The number of hydrogen-bond acceptors (Lipinski definition) is 4. The fraction of sp³-hybridized carbons (Fsp3) is 0.800. The van der Waals surface area contributed by atoms with Crippen molar-refractivity contribution in [1.29, 1.82) is 0 Å². The lowest BCUT2D eigenvalue weighted by atomic mass is 10.0. The van der Waals surface area contributed by atoms with E-state index in [4.69, 9.17) is 14.2 Å². The molecule has 1 aromatic carbocycles. The molecule has 0 spiro atoms. The van der Waals surface area contributed by atoms with E-state index in [1.54, 1.807) is 0 Å². The molecule has 0 fully saturated rings.